The van der Waals surface area contributed by atoms with E-state index < -0.39 is 0 Å². The molecular weight excluding hydrogens is 248 g/mol. The lowest BCUT2D eigenvalue weighted by atomic mass is 9.73. The number of ether oxygens (including phenoxy) is 1. The molecule has 2 atom stereocenters. The van der Waals surface area contributed by atoms with Crippen molar-refractivity contribution in [3.63, 3.8) is 0 Å². The number of carbonyl (C=O) groups excluding carboxylic acids is 1. The third kappa shape index (κ3) is 4.96. The van der Waals surface area contributed by atoms with Crippen LogP contribution < -0.4 is 0 Å². The summed E-state index contributed by atoms with van der Waals surface area (Å²) < 4.78 is 5.55. The van der Waals surface area contributed by atoms with Gasteiger partial charge in [0.1, 0.15) is 0 Å². The second-order valence-electron chi connectivity index (χ2n) is 7.51. The summed E-state index contributed by atoms with van der Waals surface area (Å²) in [5.41, 5.74) is 1.41. The topological polar surface area (TPSA) is 26.3 Å². The van der Waals surface area contributed by atoms with Gasteiger partial charge in [0, 0.05) is 5.41 Å². The Balaban J connectivity index is 2.44. The smallest absolute Gasteiger partial charge is 0.308 e. The van der Waals surface area contributed by atoms with Crippen LogP contribution in [0.15, 0.2) is 11.6 Å². The molecule has 0 bridgehead atoms. The van der Waals surface area contributed by atoms with Gasteiger partial charge in [-0.15, -0.1) is 0 Å². The first kappa shape index (κ1) is 17.3. The largest absolute Gasteiger partial charge is 0.465 e. The molecule has 1 aliphatic carbocycles. The second-order valence-corrected chi connectivity index (χ2v) is 7.51. The SMILES string of the molecule is CC(C)=CC[C@@H](C)[C@@H](C)C(C)(C)COC(=O)C1CCC1. The Morgan fingerprint density at radius 3 is 2.35 bits per heavy atom. The molecule has 0 amide bonds. The van der Waals surface area contributed by atoms with Gasteiger partial charge < -0.3 is 4.74 Å². The molecule has 1 rings (SSSR count). The maximum atomic E-state index is 11.8. The van der Waals surface area contributed by atoms with Crippen molar-refractivity contribution in [2.45, 2.75) is 67.2 Å². The van der Waals surface area contributed by atoms with Crippen LogP contribution in [-0.2, 0) is 9.53 Å². The third-order valence-electron chi connectivity index (χ3n) is 5.01. The molecule has 1 fully saturated rings. The van der Waals surface area contributed by atoms with E-state index in [1.54, 1.807) is 0 Å². The number of rotatable bonds is 7. The molecule has 0 saturated heterocycles. The summed E-state index contributed by atoms with van der Waals surface area (Å²) >= 11 is 0. The normalized spacial score (nSPS) is 18.9. The quantitative estimate of drug-likeness (QED) is 0.485. The molecular formula is C18H32O2. The molecule has 0 heterocycles. The van der Waals surface area contributed by atoms with Crippen molar-refractivity contribution in [2.24, 2.45) is 23.2 Å². The summed E-state index contributed by atoms with van der Waals surface area (Å²) in [6.45, 7) is 13.8. The van der Waals surface area contributed by atoms with Crippen LogP contribution in [0.25, 0.3) is 0 Å². The zero-order chi connectivity index (χ0) is 15.3. The highest BCUT2D eigenvalue weighted by molar-refractivity contribution is 5.73. The van der Waals surface area contributed by atoms with Crippen molar-refractivity contribution in [3.8, 4) is 0 Å². The second kappa shape index (κ2) is 7.28. The van der Waals surface area contributed by atoms with Gasteiger partial charge in [0.05, 0.1) is 12.5 Å². The molecule has 0 unspecified atom stereocenters. The van der Waals surface area contributed by atoms with E-state index in [1.165, 1.54) is 12.0 Å². The lowest BCUT2D eigenvalue weighted by Gasteiger charge is -2.36. The molecule has 0 aliphatic heterocycles. The molecule has 2 nitrogen and oxygen atoms in total. The zero-order valence-corrected chi connectivity index (χ0v) is 14.2. The standard InChI is InChI=1S/C18H32O2/c1-13(2)10-11-14(3)15(4)18(5,6)12-20-17(19)16-8-7-9-16/h10,14-16H,7-9,11-12H2,1-6H3/t14-,15-/m1/s1. The van der Waals surface area contributed by atoms with E-state index in [4.69, 9.17) is 4.74 Å². The van der Waals surface area contributed by atoms with Gasteiger partial charge in [0.25, 0.3) is 0 Å². The zero-order valence-electron chi connectivity index (χ0n) is 14.2. The van der Waals surface area contributed by atoms with E-state index in [0.29, 0.717) is 18.4 Å². The summed E-state index contributed by atoms with van der Waals surface area (Å²) in [6.07, 6.45) is 6.62. The van der Waals surface area contributed by atoms with E-state index in [2.05, 4.69) is 47.6 Å². The van der Waals surface area contributed by atoms with E-state index in [0.717, 1.165) is 19.3 Å². The minimum absolute atomic E-state index is 0.0217. The van der Waals surface area contributed by atoms with Crippen molar-refractivity contribution in [3.05, 3.63) is 11.6 Å². The van der Waals surface area contributed by atoms with E-state index in [-0.39, 0.29) is 17.3 Å². The van der Waals surface area contributed by atoms with Crippen LogP contribution in [0.3, 0.4) is 0 Å². The minimum Gasteiger partial charge on any atom is -0.465 e. The fourth-order valence-corrected chi connectivity index (χ4v) is 2.55. The van der Waals surface area contributed by atoms with Crippen LogP contribution >= 0.6 is 0 Å². The molecule has 0 aromatic heterocycles. The molecule has 0 aromatic carbocycles. The molecule has 20 heavy (non-hydrogen) atoms. The lowest BCUT2D eigenvalue weighted by molar-refractivity contribution is -0.156. The summed E-state index contributed by atoms with van der Waals surface area (Å²) in [5.74, 6) is 1.33. The molecule has 1 aliphatic rings. The average Bonchev–Trinajstić information content (AvgIpc) is 2.30. The number of carbonyl (C=O) groups is 1. The highest BCUT2D eigenvalue weighted by Crippen LogP contribution is 2.35. The average molecular weight is 280 g/mol. The Hall–Kier alpha value is -0.790. The van der Waals surface area contributed by atoms with Crippen LogP contribution in [-0.4, -0.2) is 12.6 Å². The van der Waals surface area contributed by atoms with Crippen LogP contribution in [0.4, 0.5) is 0 Å². The van der Waals surface area contributed by atoms with E-state index in [9.17, 15) is 4.79 Å². The molecule has 116 valence electrons. The third-order valence-corrected chi connectivity index (χ3v) is 5.01. The van der Waals surface area contributed by atoms with Gasteiger partial charge >= 0.3 is 5.97 Å². The summed E-state index contributed by atoms with van der Waals surface area (Å²) in [4.78, 5) is 11.8. The van der Waals surface area contributed by atoms with Gasteiger partial charge in [-0.05, 0) is 44.9 Å². The Morgan fingerprint density at radius 1 is 1.30 bits per heavy atom. The summed E-state index contributed by atoms with van der Waals surface area (Å²) in [7, 11) is 0. The fourth-order valence-electron chi connectivity index (χ4n) is 2.55. The highest BCUT2D eigenvalue weighted by atomic mass is 16.5. The van der Waals surface area contributed by atoms with Crippen molar-refractivity contribution in [2.75, 3.05) is 6.61 Å². The first-order chi connectivity index (χ1) is 9.24. The molecule has 0 N–H and O–H groups in total. The number of hydrogen-bond acceptors (Lipinski definition) is 2. The van der Waals surface area contributed by atoms with E-state index >= 15 is 0 Å². The molecule has 0 radical (unpaired) electrons. The molecule has 1 saturated carbocycles. The van der Waals surface area contributed by atoms with E-state index in [1.807, 2.05) is 0 Å². The Morgan fingerprint density at radius 2 is 1.90 bits per heavy atom. The molecule has 0 aromatic rings. The minimum atomic E-state index is 0.0217. The van der Waals surface area contributed by atoms with Crippen molar-refractivity contribution in [1.29, 1.82) is 0 Å². The Kier molecular flexibility index (Phi) is 6.29. The maximum Gasteiger partial charge on any atom is 0.308 e. The monoisotopic (exact) mass is 280 g/mol. The predicted octanol–water partition coefficient (Wildman–Crippen LogP) is 4.98. The number of hydrogen-bond donors (Lipinski definition) is 0. The fraction of sp³-hybridized carbons (Fsp3) is 0.833. The van der Waals surface area contributed by atoms with Crippen LogP contribution in [0, 0.1) is 23.2 Å². The van der Waals surface area contributed by atoms with Crippen LogP contribution in [0.2, 0.25) is 0 Å². The van der Waals surface area contributed by atoms with Gasteiger partial charge in [-0.25, -0.2) is 0 Å². The molecule has 0 spiro atoms. The van der Waals surface area contributed by atoms with Gasteiger partial charge in [0.2, 0.25) is 0 Å². The lowest BCUT2D eigenvalue weighted by Crippen LogP contribution is -2.34. The molecule has 2 heteroatoms. The maximum absolute atomic E-state index is 11.8. The van der Waals surface area contributed by atoms with Crippen molar-refractivity contribution < 1.29 is 9.53 Å². The first-order valence-electron chi connectivity index (χ1n) is 8.04. The van der Waals surface area contributed by atoms with Gasteiger partial charge in [-0.1, -0.05) is 45.8 Å². The van der Waals surface area contributed by atoms with Crippen molar-refractivity contribution in [1.82, 2.24) is 0 Å². The van der Waals surface area contributed by atoms with Gasteiger partial charge in [-0.2, -0.15) is 0 Å². The predicted molar refractivity (Wildman–Crippen MR) is 84.5 cm³/mol. The van der Waals surface area contributed by atoms with Crippen molar-refractivity contribution >= 4 is 5.97 Å². The Labute approximate surface area is 125 Å². The number of esters is 1. The van der Waals surface area contributed by atoms with Gasteiger partial charge in [-0.3, -0.25) is 4.79 Å². The Bertz CT molecular complexity index is 346. The highest BCUT2D eigenvalue weighted by Gasteiger charge is 2.33. The summed E-state index contributed by atoms with van der Waals surface area (Å²) in [6, 6.07) is 0. The summed E-state index contributed by atoms with van der Waals surface area (Å²) in [5, 5.41) is 0. The number of allylic oxidation sites excluding steroid dienone is 2. The first-order valence-corrected chi connectivity index (χ1v) is 8.04. The van der Waals surface area contributed by atoms with Gasteiger partial charge in [0.15, 0.2) is 0 Å². The van der Waals surface area contributed by atoms with Crippen LogP contribution in [0.1, 0.15) is 67.2 Å². The van der Waals surface area contributed by atoms with Crippen LogP contribution in [0.5, 0.6) is 0 Å².